The molecule has 0 saturated carbocycles. The Kier molecular flexibility index (Phi) is 6.50. The Hall–Kier alpha value is -2.49. The third kappa shape index (κ3) is 4.65. The highest BCUT2D eigenvalue weighted by molar-refractivity contribution is 7.91. The Morgan fingerprint density at radius 1 is 1.00 bits per heavy atom. The summed E-state index contributed by atoms with van der Waals surface area (Å²) in [6.07, 6.45) is 0. The maximum atomic E-state index is 13.1. The lowest BCUT2D eigenvalue weighted by atomic mass is 10.0. The van der Waals surface area contributed by atoms with Crippen LogP contribution in [-0.2, 0) is 14.6 Å². The van der Waals surface area contributed by atoms with Gasteiger partial charge in [-0.1, -0.05) is 11.6 Å². The number of sulfone groups is 1. The third-order valence-corrected chi connectivity index (χ3v) is 7.82. The first kappa shape index (κ1) is 22.7. The highest BCUT2D eigenvalue weighted by Crippen LogP contribution is 2.35. The zero-order valence-electron chi connectivity index (χ0n) is 17.9. The van der Waals surface area contributed by atoms with Crippen molar-refractivity contribution in [2.24, 2.45) is 0 Å². The zero-order valence-corrected chi connectivity index (χ0v) is 19.4. The van der Waals surface area contributed by atoms with Crippen LogP contribution >= 0.6 is 11.6 Å². The van der Waals surface area contributed by atoms with Gasteiger partial charge in [0.25, 0.3) is 0 Å². The summed E-state index contributed by atoms with van der Waals surface area (Å²) in [4.78, 5) is 16.6. The van der Waals surface area contributed by atoms with E-state index >= 15 is 0 Å². The Labute approximate surface area is 192 Å². The van der Waals surface area contributed by atoms with Crippen LogP contribution < -0.4 is 19.1 Å². The minimum atomic E-state index is -3.28. The van der Waals surface area contributed by atoms with Crippen molar-refractivity contribution in [1.29, 1.82) is 0 Å². The monoisotopic (exact) mass is 480 g/mol. The van der Waals surface area contributed by atoms with Gasteiger partial charge in [-0.15, -0.1) is 0 Å². The number of carbonyl (C=O) groups is 1. The highest BCUT2D eigenvalue weighted by Gasteiger charge is 2.49. The van der Waals surface area contributed by atoms with Gasteiger partial charge in [0, 0.05) is 18.3 Å². The van der Waals surface area contributed by atoms with E-state index in [0.717, 1.165) is 5.75 Å². The van der Waals surface area contributed by atoms with Crippen LogP contribution in [0.4, 0.5) is 5.69 Å². The van der Waals surface area contributed by atoms with Gasteiger partial charge in [-0.05, 0) is 42.5 Å². The molecule has 8 nitrogen and oxygen atoms in total. The molecule has 2 aromatic carbocycles. The molecule has 0 aliphatic carbocycles. The summed E-state index contributed by atoms with van der Waals surface area (Å²) in [7, 11) is -0.174. The van der Waals surface area contributed by atoms with E-state index in [1.54, 1.807) is 54.5 Å². The fraction of sp³-hybridized carbons (Fsp3) is 0.409. The van der Waals surface area contributed by atoms with Crippen molar-refractivity contribution >= 4 is 33.0 Å². The second-order valence-corrected chi connectivity index (χ2v) is 10.3. The molecule has 0 unspecified atom stereocenters. The number of hydrogen-bond donors (Lipinski definition) is 0. The summed E-state index contributed by atoms with van der Waals surface area (Å²) in [5.41, 5.74) is 0.571. The van der Waals surface area contributed by atoms with Crippen LogP contribution in [0, 0.1) is 0 Å². The molecule has 2 fully saturated rings. The van der Waals surface area contributed by atoms with Crippen LogP contribution in [0.25, 0.3) is 0 Å². The van der Waals surface area contributed by atoms with Gasteiger partial charge in [-0.3, -0.25) is 9.69 Å². The van der Waals surface area contributed by atoms with Gasteiger partial charge >= 0.3 is 0 Å². The number of amides is 1. The number of anilines is 1. The molecule has 172 valence electrons. The number of halogens is 1. The molecule has 0 radical (unpaired) electrons. The summed E-state index contributed by atoms with van der Waals surface area (Å²) >= 11 is 6.25. The van der Waals surface area contributed by atoms with Gasteiger partial charge in [0.05, 0.1) is 43.3 Å². The summed E-state index contributed by atoms with van der Waals surface area (Å²) in [6, 6.07) is 11.5. The number of piperazine rings is 1. The lowest BCUT2D eigenvalue weighted by molar-refractivity contribution is -0.123. The molecule has 2 saturated heterocycles. The smallest absolute Gasteiger partial charge is 0.241 e. The van der Waals surface area contributed by atoms with Crippen LogP contribution in [0.1, 0.15) is 0 Å². The van der Waals surface area contributed by atoms with Crippen molar-refractivity contribution in [3.63, 3.8) is 0 Å². The van der Waals surface area contributed by atoms with E-state index in [0.29, 0.717) is 35.4 Å². The van der Waals surface area contributed by atoms with Crippen molar-refractivity contribution < 1.29 is 27.4 Å². The van der Waals surface area contributed by atoms with E-state index in [9.17, 15) is 13.2 Å². The number of ether oxygens (including phenoxy) is 3. The van der Waals surface area contributed by atoms with Gasteiger partial charge in [0.15, 0.2) is 9.84 Å². The molecule has 2 aromatic rings. The number of fused-ring (bicyclic) bond motifs is 1. The van der Waals surface area contributed by atoms with E-state index in [1.807, 2.05) is 4.90 Å². The second kappa shape index (κ2) is 9.17. The van der Waals surface area contributed by atoms with Crippen molar-refractivity contribution in [3.05, 3.63) is 47.5 Å². The zero-order chi connectivity index (χ0) is 22.9. The SMILES string of the molecule is COc1ccc(OCCN2CC(=O)N(c3ccc(OC)c(Cl)c3)[C@H]3CS(=O)(=O)C[C@@H]32)cc1. The average molecular weight is 481 g/mol. The van der Waals surface area contributed by atoms with Gasteiger partial charge < -0.3 is 19.1 Å². The van der Waals surface area contributed by atoms with Crippen molar-refractivity contribution in [2.45, 2.75) is 12.1 Å². The van der Waals surface area contributed by atoms with Crippen LogP contribution in [0.15, 0.2) is 42.5 Å². The topological polar surface area (TPSA) is 85.4 Å². The number of rotatable bonds is 7. The average Bonchev–Trinajstić information content (AvgIpc) is 3.09. The molecule has 2 heterocycles. The fourth-order valence-electron chi connectivity index (χ4n) is 4.30. The van der Waals surface area contributed by atoms with Gasteiger partial charge in [-0.2, -0.15) is 0 Å². The first-order valence-electron chi connectivity index (χ1n) is 10.2. The van der Waals surface area contributed by atoms with Crippen molar-refractivity contribution in [1.82, 2.24) is 4.90 Å². The maximum absolute atomic E-state index is 13.1. The van der Waals surface area contributed by atoms with E-state index in [1.165, 1.54) is 7.11 Å². The van der Waals surface area contributed by atoms with Crippen LogP contribution in [0.5, 0.6) is 17.2 Å². The maximum Gasteiger partial charge on any atom is 0.241 e. The Morgan fingerprint density at radius 2 is 1.69 bits per heavy atom. The minimum absolute atomic E-state index is 0.00781. The Morgan fingerprint density at radius 3 is 2.34 bits per heavy atom. The summed E-state index contributed by atoms with van der Waals surface area (Å²) < 4.78 is 41.1. The van der Waals surface area contributed by atoms with Crippen molar-refractivity contribution in [2.75, 3.05) is 50.3 Å². The standard InChI is InChI=1S/C22H25ClN2O6S/c1-29-16-4-6-17(7-5-16)31-10-9-24-12-22(26)25(20-14-32(27,28)13-19(20)24)15-3-8-21(30-2)18(23)11-15/h3-8,11,19-20H,9-10,12-14H2,1-2H3/t19-,20-/m0/s1. The molecular formula is C22H25ClN2O6S. The summed E-state index contributed by atoms with van der Waals surface area (Å²) in [5.74, 6) is 1.66. The Balaban J connectivity index is 1.49. The quantitative estimate of drug-likeness (QED) is 0.600. The van der Waals surface area contributed by atoms with Crippen LogP contribution in [0.3, 0.4) is 0 Å². The number of methoxy groups -OCH3 is 2. The predicted octanol–water partition coefficient (Wildman–Crippen LogP) is 2.25. The summed E-state index contributed by atoms with van der Waals surface area (Å²) in [5, 5.41) is 0.366. The highest BCUT2D eigenvalue weighted by atomic mass is 35.5. The van der Waals surface area contributed by atoms with Gasteiger partial charge in [0.1, 0.15) is 23.9 Å². The fourth-order valence-corrected chi connectivity index (χ4v) is 6.53. The molecular weight excluding hydrogens is 456 g/mol. The van der Waals surface area contributed by atoms with Gasteiger partial charge in [0.2, 0.25) is 5.91 Å². The molecule has 0 bridgehead atoms. The lowest BCUT2D eigenvalue weighted by Crippen LogP contribution is -2.62. The minimum Gasteiger partial charge on any atom is -0.497 e. The molecule has 2 atom stereocenters. The molecule has 0 aromatic heterocycles. The molecule has 1 amide bonds. The number of carbonyl (C=O) groups excluding carboxylic acids is 1. The first-order valence-corrected chi connectivity index (χ1v) is 12.4. The molecule has 2 aliphatic rings. The normalized spacial score (nSPS) is 22.5. The molecule has 0 N–H and O–H groups in total. The molecule has 32 heavy (non-hydrogen) atoms. The molecule has 4 rings (SSSR count). The van der Waals surface area contributed by atoms with E-state index in [2.05, 4.69) is 0 Å². The van der Waals surface area contributed by atoms with Gasteiger partial charge in [-0.25, -0.2) is 8.42 Å². The number of hydrogen-bond acceptors (Lipinski definition) is 7. The number of benzene rings is 2. The van der Waals surface area contributed by atoms with E-state index in [-0.39, 0.29) is 30.0 Å². The molecule has 0 spiro atoms. The largest absolute Gasteiger partial charge is 0.497 e. The Bertz CT molecular complexity index is 1090. The van der Waals surface area contributed by atoms with Crippen LogP contribution in [-0.4, -0.2) is 76.7 Å². The molecule has 2 aliphatic heterocycles. The van der Waals surface area contributed by atoms with E-state index < -0.39 is 15.9 Å². The number of nitrogens with zero attached hydrogens (tertiary/aromatic N) is 2. The molecule has 10 heteroatoms. The summed E-state index contributed by atoms with van der Waals surface area (Å²) in [6.45, 7) is 0.870. The predicted molar refractivity (Wildman–Crippen MR) is 122 cm³/mol. The first-order chi connectivity index (χ1) is 15.3. The van der Waals surface area contributed by atoms with Crippen LogP contribution in [0.2, 0.25) is 5.02 Å². The third-order valence-electron chi connectivity index (χ3n) is 5.82. The van der Waals surface area contributed by atoms with Crippen molar-refractivity contribution in [3.8, 4) is 17.2 Å². The lowest BCUT2D eigenvalue weighted by Gasteiger charge is -2.43. The second-order valence-electron chi connectivity index (χ2n) is 7.79. The van der Waals surface area contributed by atoms with E-state index in [4.69, 9.17) is 25.8 Å².